The number of ether oxygens (including phenoxy) is 2. The molecule has 2 aromatic rings. The van der Waals surface area contributed by atoms with Crippen molar-refractivity contribution in [1.29, 1.82) is 0 Å². The SMILES string of the molecule is CCNC(=NCCNC(=O)Cc1ccc(F)cc1)N(C)CCc1ccc(OC)c(OC)c1. The second-order valence-electron chi connectivity index (χ2n) is 7.25. The van der Waals surface area contributed by atoms with E-state index in [0.29, 0.717) is 24.6 Å². The average molecular weight is 445 g/mol. The summed E-state index contributed by atoms with van der Waals surface area (Å²) in [5.74, 6) is 1.78. The van der Waals surface area contributed by atoms with E-state index < -0.39 is 0 Å². The number of halogens is 1. The zero-order valence-electron chi connectivity index (χ0n) is 19.3. The maximum atomic E-state index is 13.0. The third-order valence-corrected chi connectivity index (χ3v) is 4.85. The number of amides is 1. The monoisotopic (exact) mass is 444 g/mol. The van der Waals surface area contributed by atoms with Crippen molar-refractivity contribution >= 4 is 11.9 Å². The smallest absolute Gasteiger partial charge is 0.224 e. The predicted molar refractivity (Wildman–Crippen MR) is 125 cm³/mol. The largest absolute Gasteiger partial charge is 0.493 e. The van der Waals surface area contributed by atoms with Gasteiger partial charge in [0.05, 0.1) is 27.2 Å². The van der Waals surface area contributed by atoms with Gasteiger partial charge in [0.25, 0.3) is 0 Å². The number of likely N-dealkylation sites (N-methyl/N-ethyl adjacent to an activating group) is 1. The molecule has 174 valence electrons. The first-order valence-corrected chi connectivity index (χ1v) is 10.7. The van der Waals surface area contributed by atoms with Gasteiger partial charge in [-0.1, -0.05) is 18.2 Å². The summed E-state index contributed by atoms with van der Waals surface area (Å²) < 4.78 is 23.6. The lowest BCUT2D eigenvalue weighted by molar-refractivity contribution is -0.120. The molecule has 2 N–H and O–H groups in total. The van der Waals surface area contributed by atoms with Crippen molar-refractivity contribution in [2.75, 3.05) is 47.4 Å². The van der Waals surface area contributed by atoms with Gasteiger partial charge >= 0.3 is 0 Å². The Bertz CT molecular complexity index is 887. The predicted octanol–water partition coefficient (Wildman–Crippen LogP) is 2.64. The zero-order chi connectivity index (χ0) is 23.3. The van der Waals surface area contributed by atoms with Crippen LogP contribution in [0.15, 0.2) is 47.5 Å². The Morgan fingerprint density at radius 2 is 1.72 bits per heavy atom. The van der Waals surface area contributed by atoms with Crippen LogP contribution < -0.4 is 20.1 Å². The molecule has 2 aromatic carbocycles. The third-order valence-electron chi connectivity index (χ3n) is 4.85. The van der Waals surface area contributed by atoms with Crippen molar-refractivity contribution in [2.45, 2.75) is 19.8 Å². The Hall–Kier alpha value is -3.29. The van der Waals surface area contributed by atoms with Crippen molar-refractivity contribution < 1.29 is 18.7 Å². The van der Waals surface area contributed by atoms with E-state index in [1.807, 2.05) is 32.2 Å². The van der Waals surface area contributed by atoms with E-state index in [1.54, 1.807) is 26.4 Å². The van der Waals surface area contributed by atoms with E-state index in [9.17, 15) is 9.18 Å². The molecule has 0 atom stereocenters. The minimum Gasteiger partial charge on any atom is -0.493 e. The number of hydrogen-bond acceptors (Lipinski definition) is 4. The third kappa shape index (κ3) is 8.09. The number of carbonyl (C=O) groups is 1. The van der Waals surface area contributed by atoms with Gasteiger partial charge in [0.1, 0.15) is 5.82 Å². The fraction of sp³-hybridized carbons (Fsp3) is 0.417. The van der Waals surface area contributed by atoms with Gasteiger partial charge in [-0.3, -0.25) is 9.79 Å². The van der Waals surface area contributed by atoms with Crippen LogP contribution in [0, 0.1) is 5.82 Å². The molecule has 0 aliphatic rings. The molecule has 0 bridgehead atoms. The van der Waals surface area contributed by atoms with Crippen LogP contribution in [0.5, 0.6) is 11.5 Å². The average Bonchev–Trinajstić information content (AvgIpc) is 2.80. The van der Waals surface area contributed by atoms with Gasteiger partial charge in [-0.15, -0.1) is 0 Å². The first kappa shape index (κ1) is 25.0. The number of guanidine groups is 1. The molecule has 0 heterocycles. The Morgan fingerprint density at radius 3 is 2.38 bits per heavy atom. The molecule has 8 heteroatoms. The number of aliphatic imine (C=N–C) groups is 1. The normalized spacial score (nSPS) is 11.1. The fourth-order valence-corrected chi connectivity index (χ4v) is 3.12. The van der Waals surface area contributed by atoms with E-state index in [4.69, 9.17) is 9.47 Å². The van der Waals surface area contributed by atoms with E-state index >= 15 is 0 Å². The Kier molecular flexibility index (Phi) is 10.3. The molecule has 0 fully saturated rings. The van der Waals surface area contributed by atoms with Crippen LogP contribution in [-0.4, -0.2) is 64.2 Å². The van der Waals surface area contributed by atoms with Crippen LogP contribution >= 0.6 is 0 Å². The summed E-state index contributed by atoms with van der Waals surface area (Å²) >= 11 is 0. The first-order valence-electron chi connectivity index (χ1n) is 10.7. The fourth-order valence-electron chi connectivity index (χ4n) is 3.12. The van der Waals surface area contributed by atoms with Crippen molar-refractivity contribution in [2.24, 2.45) is 4.99 Å². The molecular weight excluding hydrogens is 411 g/mol. The van der Waals surface area contributed by atoms with Gasteiger partial charge < -0.3 is 25.0 Å². The standard InChI is InChI=1S/C24H33FN4O3/c1-5-26-24(28-14-13-27-23(30)17-18-6-9-20(25)10-7-18)29(2)15-12-19-8-11-21(31-3)22(16-19)32-4/h6-11,16H,5,12-15,17H2,1-4H3,(H,26,28)(H,27,30). The molecule has 0 aliphatic heterocycles. The van der Waals surface area contributed by atoms with Gasteiger partial charge in [-0.25, -0.2) is 4.39 Å². The number of rotatable bonds is 11. The van der Waals surface area contributed by atoms with Crippen LogP contribution in [-0.2, 0) is 17.6 Å². The molecule has 2 rings (SSSR count). The highest BCUT2D eigenvalue weighted by Crippen LogP contribution is 2.27. The summed E-state index contributed by atoms with van der Waals surface area (Å²) in [6, 6.07) is 11.8. The molecule has 0 aliphatic carbocycles. The van der Waals surface area contributed by atoms with E-state index in [-0.39, 0.29) is 18.1 Å². The van der Waals surface area contributed by atoms with Gasteiger partial charge in [0.15, 0.2) is 17.5 Å². The van der Waals surface area contributed by atoms with Crippen LogP contribution in [0.4, 0.5) is 4.39 Å². The summed E-state index contributed by atoms with van der Waals surface area (Å²) in [6.45, 7) is 4.41. The molecule has 0 spiro atoms. The van der Waals surface area contributed by atoms with Gasteiger partial charge in [0, 0.05) is 26.7 Å². The number of methoxy groups -OCH3 is 2. The van der Waals surface area contributed by atoms with Crippen molar-refractivity contribution in [3.63, 3.8) is 0 Å². The summed E-state index contributed by atoms with van der Waals surface area (Å²) in [4.78, 5) is 18.7. The number of hydrogen-bond donors (Lipinski definition) is 2. The summed E-state index contributed by atoms with van der Waals surface area (Å²) in [5, 5.41) is 6.13. The van der Waals surface area contributed by atoms with E-state index in [2.05, 4.69) is 20.5 Å². The van der Waals surface area contributed by atoms with Gasteiger partial charge in [-0.2, -0.15) is 0 Å². The first-order chi connectivity index (χ1) is 15.5. The number of benzene rings is 2. The molecule has 1 amide bonds. The minimum absolute atomic E-state index is 0.112. The molecule has 7 nitrogen and oxygen atoms in total. The lowest BCUT2D eigenvalue weighted by Crippen LogP contribution is -2.40. The molecule has 0 unspecified atom stereocenters. The highest BCUT2D eigenvalue weighted by atomic mass is 19.1. The van der Waals surface area contributed by atoms with Crippen molar-refractivity contribution in [3.8, 4) is 11.5 Å². The molecule has 32 heavy (non-hydrogen) atoms. The maximum absolute atomic E-state index is 13.0. The highest BCUT2D eigenvalue weighted by molar-refractivity contribution is 5.80. The topological polar surface area (TPSA) is 75.2 Å². The lowest BCUT2D eigenvalue weighted by Gasteiger charge is -2.22. The Balaban J connectivity index is 1.83. The van der Waals surface area contributed by atoms with Crippen molar-refractivity contribution in [1.82, 2.24) is 15.5 Å². The van der Waals surface area contributed by atoms with Crippen LogP contribution in [0.1, 0.15) is 18.1 Å². The lowest BCUT2D eigenvalue weighted by atomic mass is 10.1. The summed E-state index contributed by atoms with van der Waals surface area (Å²) in [6.07, 6.45) is 1.03. The highest BCUT2D eigenvalue weighted by Gasteiger charge is 2.09. The van der Waals surface area contributed by atoms with Crippen molar-refractivity contribution in [3.05, 3.63) is 59.4 Å². The Labute approximate surface area is 189 Å². The van der Waals surface area contributed by atoms with E-state index in [1.165, 1.54) is 12.1 Å². The molecule has 0 aromatic heterocycles. The molecular formula is C24H33FN4O3. The molecule has 0 saturated carbocycles. The Morgan fingerprint density at radius 1 is 1.03 bits per heavy atom. The minimum atomic E-state index is -0.310. The number of nitrogens with zero attached hydrogens (tertiary/aromatic N) is 2. The quantitative estimate of drug-likeness (QED) is 0.317. The second kappa shape index (κ2) is 13.2. The maximum Gasteiger partial charge on any atom is 0.224 e. The van der Waals surface area contributed by atoms with E-state index in [0.717, 1.165) is 36.6 Å². The summed E-state index contributed by atoms with van der Waals surface area (Å²) in [5.41, 5.74) is 1.91. The van der Waals surface area contributed by atoms with Gasteiger partial charge in [-0.05, 0) is 48.7 Å². The van der Waals surface area contributed by atoms with Crippen LogP contribution in [0.3, 0.4) is 0 Å². The van der Waals surface area contributed by atoms with Gasteiger partial charge in [0.2, 0.25) is 5.91 Å². The summed E-state index contributed by atoms with van der Waals surface area (Å²) in [7, 11) is 5.23. The molecule has 0 saturated heterocycles. The van der Waals surface area contributed by atoms with Crippen LogP contribution in [0.25, 0.3) is 0 Å². The second-order valence-corrected chi connectivity index (χ2v) is 7.25. The molecule has 0 radical (unpaired) electrons. The van der Waals surface area contributed by atoms with Crippen LogP contribution in [0.2, 0.25) is 0 Å². The zero-order valence-corrected chi connectivity index (χ0v) is 19.3. The number of carbonyl (C=O) groups excluding carboxylic acids is 1. The number of nitrogens with one attached hydrogen (secondary N) is 2.